The molecular weight excluding hydrogens is 432 g/mol. The number of unbranched alkanes of at least 4 members (excludes halogenated alkanes) is 27. The molecule has 0 aliphatic rings. The molecule has 0 aliphatic carbocycles. The summed E-state index contributed by atoms with van der Waals surface area (Å²) >= 11 is 0. The average molecular weight is 506 g/mol. The van der Waals surface area contributed by atoms with Crippen LogP contribution in [0.2, 0.25) is 0 Å². The van der Waals surface area contributed by atoms with E-state index in [4.69, 9.17) is 0 Å². The van der Waals surface area contributed by atoms with Gasteiger partial charge in [0.1, 0.15) is 0 Å². The van der Waals surface area contributed by atoms with Crippen molar-refractivity contribution in [1.82, 2.24) is 0 Å². The van der Waals surface area contributed by atoms with Crippen LogP contribution in [0.1, 0.15) is 220 Å². The molecular formula is C36H73. The van der Waals surface area contributed by atoms with Crippen LogP contribution in [0.5, 0.6) is 0 Å². The molecule has 0 spiro atoms. The van der Waals surface area contributed by atoms with Gasteiger partial charge in [0.15, 0.2) is 0 Å². The first-order chi connectivity index (χ1) is 17.8. The number of hydrogen-bond acceptors (Lipinski definition) is 0. The zero-order chi connectivity index (χ0) is 26.2. The highest BCUT2D eigenvalue weighted by Gasteiger charge is 2.06. The molecule has 0 rings (SSSR count). The Kier molecular flexibility index (Phi) is 33.0. The highest BCUT2D eigenvalue weighted by atomic mass is 14.1. The molecule has 0 fully saturated rings. The Morgan fingerprint density at radius 3 is 1.00 bits per heavy atom. The maximum atomic E-state index is 2.64. The van der Waals surface area contributed by atoms with Gasteiger partial charge in [-0.1, -0.05) is 213 Å². The molecule has 0 aromatic carbocycles. The zero-order valence-electron chi connectivity index (χ0n) is 26.1. The summed E-state index contributed by atoms with van der Waals surface area (Å²) in [7, 11) is 0. The van der Waals surface area contributed by atoms with E-state index in [-0.39, 0.29) is 0 Å². The maximum absolute atomic E-state index is 2.64. The van der Waals surface area contributed by atoms with Gasteiger partial charge in [0.25, 0.3) is 0 Å². The molecule has 217 valence electrons. The van der Waals surface area contributed by atoms with Crippen molar-refractivity contribution in [2.45, 2.75) is 220 Å². The summed E-state index contributed by atoms with van der Waals surface area (Å²) in [5.74, 6) is 0.962. The predicted octanol–water partition coefficient (Wildman–Crippen LogP) is 14.0. The van der Waals surface area contributed by atoms with Crippen molar-refractivity contribution in [3.8, 4) is 0 Å². The molecule has 0 heteroatoms. The van der Waals surface area contributed by atoms with Gasteiger partial charge >= 0.3 is 0 Å². The van der Waals surface area contributed by atoms with Crippen molar-refractivity contribution >= 4 is 0 Å². The van der Waals surface area contributed by atoms with Crippen molar-refractivity contribution in [2.75, 3.05) is 0 Å². The molecule has 1 radical (unpaired) electrons. The van der Waals surface area contributed by atoms with Crippen LogP contribution in [0.4, 0.5) is 0 Å². The number of rotatable bonds is 32. The molecule has 0 aromatic rings. The Balaban J connectivity index is 3.24. The predicted molar refractivity (Wildman–Crippen MR) is 168 cm³/mol. The summed E-state index contributed by atoms with van der Waals surface area (Å²) < 4.78 is 0. The van der Waals surface area contributed by atoms with Crippen LogP contribution in [0.15, 0.2) is 0 Å². The molecule has 0 aliphatic heterocycles. The van der Waals surface area contributed by atoms with Crippen molar-refractivity contribution in [2.24, 2.45) is 5.92 Å². The topological polar surface area (TPSA) is 0 Å². The lowest BCUT2D eigenvalue weighted by Gasteiger charge is -2.14. The monoisotopic (exact) mass is 506 g/mol. The third-order valence-corrected chi connectivity index (χ3v) is 8.56. The van der Waals surface area contributed by atoms with Crippen LogP contribution in [-0.4, -0.2) is 0 Å². The van der Waals surface area contributed by atoms with E-state index in [1.807, 2.05) is 0 Å². The van der Waals surface area contributed by atoms with Gasteiger partial charge < -0.3 is 0 Å². The van der Waals surface area contributed by atoms with Gasteiger partial charge in [0, 0.05) is 0 Å². The fourth-order valence-corrected chi connectivity index (χ4v) is 5.78. The second-order valence-electron chi connectivity index (χ2n) is 12.2. The van der Waals surface area contributed by atoms with E-state index in [2.05, 4.69) is 27.2 Å². The average Bonchev–Trinajstić information content (AvgIpc) is 2.89. The molecule has 0 aromatic heterocycles. The Bertz CT molecular complexity index is 359. The molecule has 0 N–H and O–H groups in total. The molecule has 1 unspecified atom stereocenters. The Morgan fingerprint density at radius 1 is 0.361 bits per heavy atom. The second-order valence-corrected chi connectivity index (χ2v) is 12.2. The van der Waals surface area contributed by atoms with Crippen molar-refractivity contribution in [1.29, 1.82) is 0 Å². The van der Waals surface area contributed by atoms with Crippen LogP contribution in [-0.2, 0) is 0 Å². The number of hydrogen-bond donors (Lipinski definition) is 0. The third-order valence-electron chi connectivity index (χ3n) is 8.56. The van der Waals surface area contributed by atoms with E-state index in [9.17, 15) is 0 Å². The molecule has 36 heavy (non-hydrogen) atoms. The molecule has 0 saturated heterocycles. The lowest BCUT2D eigenvalue weighted by molar-refractivity contribution is 0.425. The first-order valence-corrected chi connectivity index (χ1v) is 17.7. The van der Waals surface area contributed by atoms with E-state index in [1.165, 1.54) is 199 Å². The van der Waals surface area contributed by atoms with Gasteiger partial charge in [-0.15, -0.1) is 0 Å². The molecule has 0 bridgehead atoms. The largest absolute Gasteiger partial charge is 0.0654 e. The SMILES string of the molecule is CCCCCCCCCCCCCCCCC[CH]CC(CC)CCCCCCCCCCCCCC. The van der Waals surface area contributed by atoms with Gasteiger partial charge in [-0.25, -0.2) is 0 Å². The van der Waals surface area contributed by atoms with Crippen molar-refractivity contribution in [3.63, 3.8) is 0 Å². The first kappa shape index (κ1) is 36.0. The Morgan fingerprint density at radius 2 is 0.667 bits per heavy atom. The highest BCUT2D eigenvalue weighted by Crippen LogP contribution is 2.22. The summed E-state index contributed by atoms with van der Waals surface area (Å²) in [4.78, 5) is 0. The van der Waals surface area contributed by atoms with Crippen LogP contribution in [0, 0.1) is 12.3 Å². The minimum absolute atomic E-state index is 0.962. The second kappa shape index (κ2) is 33.0. The summed E-state index contributed by atoms with van der Waals surface area (Å²) in [6.45, 7) is 7.03. The molecule has 0 heterocycles. The minimum Gasteiger partial charge on any atom is -0.0654 e. The third kappa shape index (κ3) is 30.2. The Labute approximate surface area is 232 Å². The minimum atomic E-state index is 0.962. The first-order valence-electron chi connectivity index (χ1n) is 17.7. The quantitative estimate of drug-likeness (QED) is 0.0797. The molecule has 1 atom stereocenters. The Hall–Kier alpha value is 0. The van der Waals surface area contributed by atoms with E-state index >= 15 is 0 Å². The van der Waals surface area contributed by atoms with E-state index in [0.717, 1.165) is 5.92 Å². The van der Waals surface area contributed by atoms with E-state index in [0.29, 0.717) is 0 Å². The molecule has 0 amide bonds. The van der Waals surface area contributed by atoms with E-state index < -0.39 is 0 Å². The van der Waals surface area contributed by atoms with Crippen LogP contribution < -0.4 is 0 Å². The van der Waals surface area contributed by atoms with Crippen LogP contribution in [0.3, 0.4) is 0 Å². The zero-order valence-corrected chi connectivity index (χ0v) is 26.1. The van der Waals surface area contributed by atoms with Gasteiger partial charge in [-0.3, -0.25) is 0 Å². The van der Waals surface area contributed by atoms with Crippen molar-refractivity contribution < 1.29 is 0 Å². The lowest BCUT2D eigenvalue weighted by Crippen LogP contribution is -1.99. The fraction of sp³-hybridized carbons (Fsp3) is 0.972. The molecule has 0 nitrogen and oxygen atoms in total. The van der Waals surface area contributed by atoms with Gasteiger partial charge in [0.2, 0.25) is 0 Å². The fourth-order valence-electron chi connectivity index (χ4n) is 5.78. The highest BCUT2D eigenvalue weighted by molar-refractivity contribution is 4.71. The standard InChI is InChI=1S/C36H73/c1-4-7-9-11-13-15-17-19-20-21-22-23-25-27-29-31-33-35-36(6-3)34-32-30-28-26-24-18-16-14-12-10-8-5-2/h33,36H,4-32,34-35H2,1-3H3. The van der Waals surface area contributed by atoms with Crippen LogP contribution >= 0.6 is 0 Å². The van der Waals surface area contributed by atoms with Gasteiger partial charge in [0.05, 0.1) is 0 Å². The van der Waals surface area contributed by atoms with Gasteiger partial charge in [-0.2, -0.15) is 0 Å². The van der Waals surface area contributed by atoms with E-state index in [1.54, 1.807) is 0 Å². The normalized spacial score (nSPS) is 12.4. The summed E-state index contributed by atoms with van der Waals surface area (Å²) in [5, 5.41) is 0. The van der Waals surface area contributed by atoms with Crippen molar-refractivity contribution in [3.05, 3.63) is 6.42 Å². The summed E-state index contributed by atoms with van der Waals surface area (Å²) in [5.41, 5.74) is 0. The molecule has 0 saturated carbocycles. The lowest BCUT2D eigenvalue weighted by atomic mass is 9.92. The van der Waals surface area contributed by atoms with Crippen LogP contribution in [0.25, 0.3) is 0 Å². The smallest absolute Gasteiger partial charge is 0.0383 e. The summed E-state index contributed by atoms with van der Waals surface area (Å²) in [6.07, 6.45) is 47.8. The van der Waals surface area contributed by atoms with Gasteiger partial charge in [-0.05, 0) is 18.8 Å². The maximum Gasteiger partial charge on any atom is -0.0383 e. The summed E-state index contributed by atoms with van der Waals surface area (Å²) in [6, 6.07) is 0.